The number of hydrogen-bond donors (Lipinski definition) is 2. The zero-order valence-corrected chi connectivity index (χ0v) is 13.1. The Balaban J connectivity index is 2.00. The molecule has 0 saturated carbocycles. The van der Waals surface area contributed by atoms with Crippen LogP contribution in [0, 0.1) is 13.8 Å². The highest BCUT2D eigenvalue weighted by atomic mass is 16.2. The molecular formula is C18H20N2O2. The van der Waals surface area contributed by atoms with Crippen LogP contribution in [0.3, 0.4) is 0 Å². The van der Waals surface area contributed by atoms with E-state index in [-0.39, 0.29) is 11.8 Å². The number of benzene rings is 2. The molecule has 0 saturated heterocycles. The normalized spacial score (nSPS) is 10.1. The maximum Gasteiger partial charge on any atom is 0.228 e. The number of nitrogens with one attached hydrogen (secondary N) is 2. The average molecular weight is 296 g/mol. The van der Waals surface area contributed by atoms with Crippen molar-refractivity contribution in [3.63, 3.8) is 0 Å². The number of anilines is 2. The SMILES string of the molecule is CC(=O)Nc1ccc(CC(=O)Nc2cccc(C)c2C)cc1. The average Bonchev–Trinajstić information content (AvgIpc) is 2.45. The number of carbonyl (C=O) groups is 2. The molecule has 0 aliphatic carbocycles. The van der Waals surface area contributed by atoms with E-state index in [1.165, 1.54) is 6.92 Å². The van der Waals surface area contributed by atoms with Crippen LogP contribution in [-0.4, -0.2) is 11.8 Å². The van der Waals surface area contributed by atoms with Crippen LogP contribution < -0.4 is 10.6 Å². The van der Waals surface area contributed by atoms with Crippen LogP contribution in [-0.2, 0) is 16.0 Å². The number of hydrogen-bond acceptors (Lipinski definition) is 2. The number of carbonyl (C=O) groups excluding carboxylic acids is 2. The summed E-state index contributed by atoms with van der Waals surface area (Å²) < 4.78 is 0. The fourth-order valence-corrected chi connectivity index (χ4v) is 2.18. The topological polar surface area (TPSA) is 58.2 Å². The largest absolute Gasteiger partial charge is 0.326 e. The third kappa shape index (κ3) is 4.19. The highest BCUT2D eigenvalue weighted by Crippen LogP contribution is 2.18. The van der Waals surface area contributed by atoms with Crippen LogP contribution >= 0.6 is 0 Å². The molecule has 2 aromatic rings. The van der Waals surface area contributed by atoms with Gasteiger partial charge in [-0.15, -0.1) is 0 Å². The molecule has 0 unspecified atom stereocenters. The molecule has 0 spiro atoms. The maximum absolute atomic E-state index is 12.1. The molecule has 0 atom stereocenters. The molecular weight excluding hydrogens is 276 g/mol. The number of amides is 2. The van der Waals surface area contributed by atoms with Crippen LogP contribution in [0.5, 0.6) is 0 Å². The van der Waals surface area contributed by atoms with Gasteiger partial charge >= 0.3 is 0 Å². The molecule has 22 heavy (non-hydrogen) atoms. The van der Waals surface area contributed by atoms with Gasteiger partial charge in [0, 0.05) is 18.3 Å². The monoisotopic (exact) mass is 296 g/mol. The lowest BCUT2D eigenvalue weighted by Crippen LogP contribution is -2.15. The molecule has 2 aromatic carbocycles. The minimum absolute atomic E-state index is 0.0547. The second-order valence-electron chi connectivity index (χ2n) is 5.35. The number of rotatable bonds is 4. The molecule has 2 N–H and O–H groups in total. The van der Waals surface area contributed by atoms with Gasteiger partial charge in [0.25, 0.3) is 0 Å². The van der Waals surface area contributed by atoms with Gasteiger partial charge in [0.15, 0.2) is 0 Å². The van der Waals surface area contributed by atoms with Gasteiger partial charge in [-0.3, -0.25) is 9.59 Å². The van der Waals surface area contributed by atoms with E-state index in [2.05, 4.69) is 10.6 Å². The van der Waals surface area contributed by atoms with Gasteiger partial charge in [0.1, 0.15) is 0 Å². The summed E-state index contributed by atoms with van der Waals surface area (Å²) in [4.78, 5) is 23.1. The summed E-state index contributed by atoms with van der Waals surface area (Å²) in [5.41, 5.74) is 4.71. The Kier molecular flexibility index (Phi) is 4.94. The van der Waals surface area contributed by atoms with E-state index in [1.54, 1.807) is 12.1 Å². The van der Waals surface area contributed by atoms with E-state index in [0.29, 0.717) is 6.42 Å². The van der Waals surface area contributed by atoms with E-state index in [9.17, 15) is 9.59 Å². The first-order valence-corrected chi connectivity index (χ1v) is 7.18. The summed E-state index contributed by atoms with van der Waals surface area (Å²) in [5.74, 6) is -0.165. The second-order valence-corrected chi connectivity index (χ2v) is 5.35. The van der Waals surface area contributed by atoms with Crippen molar-refractivity contribution >= 4 is 23.2 Å². The summed E-state index contributed by atoms with van der Waals surface area (Å²) in [5, 5.41) is 5.64. The van der Waals surface area contributed by atoms with Gasteiger partial charge in [0.2, 0.25) is 11.8 Å². The smallest absolute Gasteiger partial charge is 0.228 e. The molecule has 0 fully saturated rings. The van der Waals surface area contributed by atoms with Crippen molar-refractivity contribution in [1.29, 1.82) is 0 Å². The van der Waals surface area contributed by atoms with Crippen LogP contribution in [0.25, 0.3) is 0 Å². The Bertz CT molecular complexity index is 691. The summed E-state index contributed by atoms with van der Waals surface area (Å²) in [6.45, 7) is 5.48. The first-order valence-electron chi connectivity index (χ1n) is 7.18. The fourth-order valence-electron chi connectivity index (χ4n) is 2.18. The van der Waals surface area contributed by atoms with Crippen molar-refractivity contribution in [2.75, 3.05) is 10.6 Å². The van der Waals surface area contributed by atoms with Crippen LogP contribution in [0.1, 0.15) is 23.6 Å². The highest BCUT2D eigenvalue weighted by Gasteiger charge is 2.07. The molecule has 0 radical (unpaired) electrons. The predicted octanol–water partition coefficient (Wildman–Crippen LogP) is 3.44. The number of aryl methyl sites for hydroxylation is 1. The van der Waals surface area contributed by atoms with Gasteiger partial charge in [-0.2, -0.15) is 0 Å². The molecule has 0 aliphatic heterocycles. The maximum atomic E-state index is 12.1. The molecule has 2 rings (SSSR count). The molecule has 4 heteroatoms. The van der Waals surface area contributed by atoms with Crippen molar-refractivity contribution in [1.82, 2.24) is 0 Å². The standard InChI is InChI=1S/C18H20N2O2/c1-12-5-4-6-17(13(12)2)20-18(22)11-15-7-9-16(10-8-15)19-14(3)21/h4-10H,11H2,1-3H3,(H,19,21)(H,20,22). The van der Waals surface area contributed by atoms with Crippen molar-refractivity contribution in [3.8, 4) is 0 Å². The molecule has 0 aliphatic rings. The van der Waals surface area contributed by atoms with Crippen molar-refractivity contribution in [2.24, 2.45) is 0 Å². The Morgan fingerprint density at radius 3 is 2.27 bits per heavy atom. The molecule has 0 aromatic heterocycles. The summed E-state index contributed by atoms with van der Waals surface area (Å²) in [7, 11) is 0. The van der Waals surface area contributed by atoms with E-state index >= 15 is 0 Å². The molecule has 2 amide bonds. The van der Waals surface area contributed by atoms with E-state index in [4.69, 9.17) is 0 Å². The molecule has 0 heterocycles. The third-order valence-electron chi connectivity index (χ3n) is 3.52. The van der Waals surface area contributed by atoms with Crippen LogP contribution in [0.2, 0.25) is 0 Å². The van der Waals surface area contributed by atoms with Gasteiger partial charge in [0.05, 0.1) is 6.42 Å². The lowest BCUT2D eigenvalue weighted by Gasteiger charge is -2.10. The Hall–Kier alpha value is -2.62. The fraction of sp³-hybridized carbons (Fsp3) is 0.222. The van der Waals surface area contributed by atoms with Gasteiger partial charge in [-0.25, -0.2) is 0 Å². The lowest BCUT2D eigenvalue weighted by molar-refractivity contribution is -0.116. The summed E-state index contributed by atoms with van der Waals surface area (Å²) in [6.07, 6.45) is 0.299. The summed E-state index contributed by atoms with van der Waals surface area (Å²) >= 11 is 0. The van der Waals surface area contributed by atoms with E-state index in [0.717, 1.165) is 28.1 Å². The second kappa shape index (κ2) is 6.89. The van der Waals surface area contributed by atoms with E-state index in [1.807, 2.05) is 44.2 Å². The minimum Gasteiger partial charge on any atom is -0.326 e. The zero-order chi connectivity index (χ0) is 16.1. The van der Waals surface area contributed by atoms with Gasteiger partial charge in [-0.05, 0) is 48.7 Å². The van der Waals surface area contributed by atoms with Gasteiger partial charge < -0.3 is 10.6 Å². The molecule has 114 valence electrons. The van der Waals surface area contributed by atoms with Crippen LogP contribution in [0.4, 0.5) is 11.4 Å². The van der Waals surface area contributed by atoms with Gasteiger partial charge in [-0.1, -0.05) is 24.3 Å². The zero-order valence-electron chi connectivity index (χ0n) is 13.1. The first kappa shape index (κ1) is 15.8. The predicted molar refractivity (Wildman–Crippen MR) is 89.0 cm³/mol. The lowest BCUT2D eigenvalue weighted by atomic mass is 10.1. The Morgan fingerprint density at radius 1 is 0.955 bits per heavy atom. The summed E-state index contributed by atoms with van der Waals surface area (Å²) in [6, 6.07) is 13.1. The van der Waals surface area contributed by atoms with Crippen molar-refractivity contribution < 1.29 is 9.59 Å². The third-order valence-corrected chi connectivity index (χ3v) is 3.52. The first-order chi connectivity index (χ1) is 10.5. The van der Waals surface area contributed by atoms with Crippen LogP contribution in [0.15, 0.2) is 42.5 Å². The quantitative estimate of drug-likeness (QED) is 0.908. The molecule has 0 bridgehead atoms. The molecule has 4 nitrogen and oxygen atoms in total. The van der Waals surface area contributed by atoms with Crippen molar-refractivity contribution in [2.45, 2.75) is 27.2 Å². The Morgan fingerprint density at radius 2 is 1.64 bits per heavy atom. The Labute approximate surface area is 130 Å². The highest BCUT2D eigenvalue weighted by molar-refractivity contribution is 5.93. The van der Waals surface area contributed by atoms with E-state index < -0.39 is 0 Å². The van der Waals surface area contributed by atoms with Crippen molar-refractivity contribution in [3.05, 3.63) is 59.2 Å². The minimum atomic E-state index is -0.111.